The van der Waals surface area contributed by atoms with Gasteiger partial charge in [-0.3, -0.25) is 0 Å². The zero-order chi connectivity index (χ0) is 14.9. The molecule has 2 rings (SSSR count). The van der Waals surface area contributed by atoms with Gasteiger partial charge in [0.15, 0.2) is 0 Å². The summed E-state index contributed by atoms with van der Waals surface area (Å²) in [6, 6.07) is 9.32. The first-order valence-corrected chi connectivity index (χ1v) is 8.90. The van der Waals surface area contributed by atoms with E-state index in [0.29, 0.717) is 6.04 Å². The fourth-order valence-electron chi connectivity index (χ4n) is 3.40. The van der Waals surface area contributed by atoms with Gasteiger partial charge in [0, 0.05) is 12.1 Å². The van der Waals surface area contributed by atoms with E-state index in [-0.39, 0.29) is 6.04 Å². The van der Waals surface area contributed by atoms with Crippen molar-refractivity contribution in [2.24, 2.45) is 5.73 Å². The summed E-state index contributed by atoms with van der Waals surface area (Å²) >= 11 is 0. The van der Waals surface area contributed by atoms with Gasteiger partial charge >= 0.3 is 0 Å². The molecule has 3 N–H and O–H groups in total. The molecular formula is C19H32N2. The van der Waals surface area contributed by atoms with Crippen LogP contribution in [0, 0.1) is 0 Å². The highest BCUT2D eigenvalue weighted by molar-refractivity contribution is 5.37. The highest BCUT2D eigenvalue weighted by Gasteiger charge is 2.27. The molecule has 0 heterocycles. The van der Waals surface area contributed by atoms with Crippen molar-refractivity contribution in [2.75, 3.05) is 6.54 Å². The molecule has 0 fully saturated rings. The minimum Gasteiger partial charge on any atom is -0.324 e. The van der Waals surface area contributed by atoms with Crippen molar-refractivity contribution in [3.8, 4) is 0 Å². The van der Waals surface area contributed by atoms with E-state index in [1.165, 1.54) is 62.5 Å². The quantitative estimate of drug-likeness (QED) is 0.603. The molecule has 2 heteroatoms. The monoisotopic (exact) mass is 288 g/mol. The Kier molecular flexibility index (Phi) is 7.25. The van der Waals surface area contributed by atoms with Gasteiger partial charge < -0.3 is 11.1 Å². The molecule has 1 aliphatic rings. The van der Waals surface area contributed by atoms with Crippen LogP contribution in [-0.2, 0) is 0 Å². The summed E-state index contributed by atoms with van der Waals surface area (Å²) in [4.78, 5) is 0. The van der Waals surface area contributed by atoms with E-state index in [1.807, 2.05) is 0 Å². The Balaban J connectivity index is 1.56. The minimum absolute atomic E-state index is 0.220. The van der Waals surface area contributed by atoms with Crippen LogP contribution in [0.15, 0.2) is 24.3 Å². The number of nitrogens with two attached hydrogens (primary N) is 1. The molecule has 0 aromatic heterocycles. The van der Waals surface area contributed by atoms with E-state index in [9.17, 15) is 0 Å². The number of rotatable bonds is 10. The van der Waals surface area contributed by atoms with Crippen LogP contribution in [0.3, 0.4) is 0 Å². The van der Waals surface area contributed by atoms with Crippen LogP contribution in [0.5, 0.6) is 0 Å². The number of hydrogen-bond acceptors (Lipinski definition) is 2. The molecule has 0 bridgehead atoms. The Morgan fingerprint density at radius 2 is 1.57 bits per heavy atom. The van der Waals surface area contributed by atoms with Crippen molar-refractivity contribution in [1.29, 1.82) is 0 Å². The lowest BCUT2D eigenvalue weighted by Gasteiger charge is -2.13. The molecule has 0 radical (unpaired) electrons. The average Bonchev–Trinajstić information content (AvgIpc) is 2.83. The first-order valence-electron chi connectivity index (χ1n) is 8.90. The van der Waals surface area contributed by atoms with Crippen LogP contribution in [-0.4, -0.2) is 6.54 Å². The summed E-state index contributed by atoms with van der Waals surface area (Å²) < 4.78 is 0. The largest absolute Gasteiger partial charge is 0.324 e. The summed E-state index contributed by atoms with van der Waals surface area (Å²) in [7, 11) is 0. The molecule has 118 valence electrons. The second kappa shape index (κ2) is 9.22. The van der Waals surface area contributed by atoms with Gasteiger partial charge in [0.05, 0.1) is 0 Å². The molecule has 0 amide bonds. The lowest BCUT2D eigenvalue weighted by molar-refractivity contribution is 0.478. The van der Waals surface area contributed by atoms with Gasteiger partial charge in [-0.25, -0.2) is 0 Å². The molecule has 1 aromatic rings. The Labute approximate surface area is 130 Å². The first kappa shape index (κ1) is 16.5. The first-order chi connectivity index (χ1) is 10.3. The Hall–Kier alpha value is -0.860. The number of nitrogens with one attached hydrogen (secondary N) is 1. The van der Waals surface area contributed by atoms with Crippen molar-refractivity contribution < 1.29 is 0 Å². The van der Waals surface area contributed by atoms with Gasteiger partial charge in [0.1, 0.15) is 0 Å². The summed E-state index contributed by atoms with van der Waals surface area (Å²) in [5, 5.41) is 3.70. The minimum atomic E-state index is 0.220. The van der Waals surface area contributed by atoms with E-state index in [2.05, 4.69) is 36.5 Å². The van der Waals surface area contributed by atoms with E-state index in [4.69, 9.17) is 5.73 Å². The Bertz CT molecular complexity index is 402. The van der Waals surface area contributed by atoms with Gasteiger partial charge in [-0.05, 0) is 30.5 Å². The molecule has 0 saturated heterocycles. The third-order valence-electron chi connectivity index (χ3n) is 4.68. The van der Waals surface area contributed by atoms with Gasteiger partial charge in [-0.1, -0.05) is 76.1 Å². The molecule has 2 nitrogen and oxygen atoms in total. The Morgan fingerprint density at radius 1 is 0.952 bits per heavy atom. The summed E-state index contributed by atoms with van der Waals surface area (Å²) in [6.45, 7) is 3.40. The van der Waals surface area contributed by atoms with Gasteiger partial charge in [0.2, 0.25) is 0 Å². The van der Waals surface area contributed by atoms with Gasteiger partial charge in [-0.2, -0.15) is 0 Å². The lowest BCUT2D eigenvalue weighted by atomic mass is 10.1. The average molecular weight is 288 g/mol. The molecule has 1 aliphatic carbocycles. The molecule has 2 atom stereocenters. The SMILES string of the molecule is CCCCCCCCCCNC1CC(N)c2ccccc21. The fourth-order valence-corrected chi connectivity index (χ4v) is 3.40. The van der Waals surface area contributed by atoms with E-state index < -0.39 is 0 Å². The topological polar surface area (TPSA) is 38.0 Å². The van der Waals surface area contributed by atoms with Crippen molar-refractivity contribution in [1.82, 2.24) is 5.32 Å². The zero-order valence-corrected chi connectivity index (χ0v) is 13.6. The normalized spacial score (nSPS) is 20.7. The van der Waals surface area contributed by atoms with Crippen molar-refractivity contribution >= 4 is 0 Å². The van der Waals surface area contributed by atoms with Crippen molar-refractivity contribution in [2.45, 2.75) is 76.8 Å². The highest BCUT2D eigenvalue weighted by Crippen LogP contribution is 2.36. The molecule has 0 spiro atoms. The number of benzene rings is 1. The maximum atomic E-state index is 6.21. The Morgan fingerprint density at radius 3 is 2.29 bits per heavy atom. The van der Waals surface area contributed by atoms with Crippen LogP contribution in [0.1, 0.15) is 87.9 Å². The third-order valence-corrected chi connectivity index (χ3v) is 4.68. The zero-order valence-electron chi connectivity index (χ0n) is 13.6. The third kappa shape index (κ3) is 5.12. The number of fused-ring (bicyclic) bond motifs is 1. The maximum absolute atomic E-state index is 6.21. The second-order valence-corrected chi connectivity index (χ2v) is 6.45. The second-order valence-electron chi connectivity index (χ2n) is 6.45. The number of unbranched alkanes of at least 4 members (excludes halogenated alkanes) is 7. The van der Waals surface area contributed by atoms with Crippen molar-refractivity contribution in [3.05, 3.63) is 35.4 Å². The predicted octanol–water partition coefficient (Wildman–Crippen LogP) is 4.86. The molecule has 1 aromatic carbocycles. The van der Waals surface area contributed by atoms with Gasteiger partial charge in [0.25, 0.3) is 0 Å². The van der Waals surface area contributed by atoms with E-state index in [0.717, 1.165) is 13.0 Å². The van der Waals surface area contributed by atoms with Crippen molar-refractivity contribution in [3.63, 3.8) is 0 Å². The fraction of sp³-hybridized carbons (Fsp3) is 0.684. The maximum Gasteiger partial charge on any atom is 0.0341 e. The van der Waals surface area contributed by atoms with Crippen LogP contribution in [0.4, 0.5) is 0 Å². The van der Waals surface area contributed by atoms with E-state index >= 15 is 0 Å². The molecule has 2 unspecified atom stereocenters. The molecule has 0 saturated carbocycles. The molecule has 0 aliphatic heterocycles. The van der Waals surface area contributed by atoms with Gasteiger partial charge in [-0.15, -0.1) is 0 Å². The summed E-state index contributed by atoms with van der Waals surface area (Å²) in [5.41, 5.74) is 8.97. The molecule has 21 heavy (non-hydrogen) atoms. The number of hydrogen-bond donors (Lipinski definition) is 2. The van der Waals surface area contributed by atoms with Crippen LogP contribution in [0.25, 0.3) is 0 Å². The van der Waals surface area contributed by atoms with Crippen LogP contribution < -0.4 is 11.1 Å². The molecular weight excluding hydrogens is 256 g/mol. The predicted molar refractivity (Wildman–Crippen MR) is 91.3 cm³/mol. The van der Waals surface area contributed by atoms with E-state index in [1.54, 1.807) is 0 Å². The van der Waals surface area contributed by atoms with Crippen LogP contribution in [0.2, 0.25) is 0 Å². The summed E-state index contributed by atoms with van der Waals surface area (Å²) in [6.07, 6.45) is 12.1. The standard InChI is InChI=1S/C19H32N2/c1-2-3-4-5-6-7-8-11-14-21-19-15-18(20)16-12-9-10-13-17(16)19/h9-10,12-13,18-19,21H,2-8,11,14-15,20H2,1H3. The highest BCUT2D eigenvalue weighted by atomic mass is 14.9. The van der Waals surface area contributed by atoms with Crippen LogP contribution >= 0.6 is 0 Å². The smallest absolute Gasteiger partial charge is 0.0341 e. The summed E-state index contributed by atoms with van der Waals surface area (Å²) in [5.74, 6) is 0. The lowest BCUT2D eigenvalue weighted by Crippen LogP contribution is -2.21.